The summed E-state index contributed by atoms with van der Waals surface area (Å²) in [6.45, 7) is 9.57. The first kappa shape index (κ1) is 21.4. The molecule has 0 spiro atoms. The van der Waals surface area contributed by atoms with E-state index in [0.717, 1.165) is 34.9 Å². The van der Waals surface area contributed by atoms with Gasteiger partial charge in [-0.2, -0.15) is 0 Å². The van der Waals surface area contributed by atoms with Gasteiger partial charge in [0.05, 0.1) is 18.7 Å². The molecule has 0 bridgehead atoms. The SMILES string of the molecule is CCN(CC)C(=O)NCCOCCn1c(CCC2CC2)nc2c(N)nc(C)cc21. The van der Waals surface area contributed by atoms with Crippen LogP contribution in [-0.4, -0.2) is 58.3 Å². The highest BCUT2D eigenvalue weighted by atomic mass is 16.5. The number of carbonyl (C=O) groups is 1. The largest absolute Gasteiger partial charge is 0.382 e. The Bertz CT molecular complexity index is 826. The zero-order chi connectivity index (χ0) is 20.8. The van der Waals surface area contributed by atoms with Crippen LogP contribution in [0.15, 0.2) is 6.07 Å². The highest BCUT2D eigenvalue weighted by Crippen LogP contribution is 2.34. The van der Waals surface area contributed by atoms with Crippen LogP contribution in [0.2, 0.25) is 0 Å². The van der Waals surface area contributed by atoms with Crippen LogP contribution in [0.25, 0.3) is 11.0 Å². The topological polar surface area (TPSA) is 98.3 Å². The Labute approximate surface area is 172 Å². The summed E-state index contributed by atoms with van der Waals surface area (Å²) in [5, 5.41) is 2.89. The van der Waals surface area contributed by atoms with Gasteiger partial charge in [0, 0.05) is 38.3 Å². The minimum Gasteiger partial charge on any atom is -0.382 e. The van der Waals surface area contributed by atoms with Crippen molar-refractivity contribution in [2.24, 2.45) is 5.92 Å². The molecule has 160 valence electrons. The van der Waals surface area contributed by atoms with E-state index in [0.29, 0.717) is 45.2 Å². The Hall–Kier alpha value is -2.35. The number of aromatic nitrogens is 3. The van der Waals surface area contributed by atoms with Crippen molar-refractivity contribution >= 4 is 22.9 Å². The lowest BCUT2D eigenvalue weighted by Crippen LogP contribution is -2.41. The third-order valence-corrected chi connectivity index (χ3v) is 5.48. The molecule has 29 heavy (non-hydrogen) atoms. The van der Waals surface area contributed by atoms with E-state index in [-0.39, 0.29) is 6.03 Å². The molecule has 0 radical (unpaired) electrons. The third kappa shape index (κ3) is 5.59. The Morgan fingerprint density at radius 1 is 1.31 bits per heavy atom. The first-order valence-corrected chi connectivity index (χ1v) is 10.8. The lowest BCUT2D eigenvalue weighted by molar-refractivity contribution is 0.126. The van der Waals surface area contributed by atoms with Crippen molar-refractivity contribution in [2.75, 3.05) is 38.6 Å². The molecule has 3 rings (SSSR count). The lowest BCUT2D eigenvalue weighted by Gasteiger charge is -2.19. The van der Waals surface area contributed by atoms with Crippen LogP contribution in [0.4, 0.5) is 10.6 Å². The van der Waals surface area contributed by atoms with E-state index in [1.165, 1.54) is 19.3 Å². The molecule has 3 N–H and O–H groups in total. The summed E-state index contributed by atoms with van der Waals surface area (Å²) >= 11 is 0. The van der Waals surface area contributed by atoms with Gasteiger partial charge in [0.25, 0.3) is 0 Å². The molecular weight excluding hydrogens is 368 g/mol. The predicted molar refractivity (Wildman–Crippen MR) is 115 cm³/mol. The third-order valence-electron chi connectivity index (χ3n) is 5.48. The summed E-state index contributed by atoms with van der Waals surface area (Å²) in [6.07, 6.45) is 4.81. The number of fused-ring (bicyclic) bond motifs is 1. The predicted octanol–water partition coefficient (Wildman–Crippen LogP) is 2.73. The van der Waals surface area contributed by atoms with E-state index in [1.54, 1.807) is 4.90 Å². The van der Waals surface area contributed by atoms with Crippen LogP contribution in [0.3, 0.4) is 0 Å². The number of aryl methyl sites for hydroxylation is 2. The molecule has 1 saturated carbocycles. The van der Waals surface area contributed by atoms with Crippen molar-refractivity contribution < 1.29 is 9.53 Å². The first-order valence-electron chi connectivity index (χ1n) is 10.8. The van der Waals surface area contributed by atoms with E-state index < -0.39 is 0 Å². The molecule has 2 aromatic rings. The highest BCUT2D eigenvalue weighted by Gasteiger charge is 2.22. The molecule has 2 heterocycles. The number of ether oxygens (including phenoxy) is 1. The number of carbonyl (C=O) groups excluding carboxylic acids is 1. The maximum absolute atomic E-state index is 11.9. The van der Waals surface area contributed by atoms with Crippen LogP contribution in [0.1, 0.15) is 44.6 Å². The van der Waals surface area contributed by atoms with Gasteiger partial charge >= 0.3 is 6.03 Å². The summed E-state index contributed by atoms with van der Waals surface area (Å²) < 4.78 is 8.00. The van der Waals surface area contributed by atoms with E-state index in [4.69, 9.17) is 15.5 Å². The zero-order valence-electron chi connectivity index (χ0n) is 17.9. The molecule has 0 aromatic carbocycles. The van der Waals surface area contributed by atoms with Gasteiger partial charge in [0.2, 0.25) is 0 Å². The first-order chi connectivity index (χ1) is 14.0. The number of hydrogen-bond acceptors (Lipinski definition) is 5. The van der Waals surface area contributed by atoms with Crippen molar-refractivity contribution in [1.82, 2.24) is 24.8 Å². The van der Waals surface area contributed by atoms with Gasteiger partial charge in [-0.05, 0) is 39.2 Å². The van der Waals surface area contributed by atoms with Gasteiger partial charge in [0.1, 0.15) is 11.3 Å². The second-order valence-corrected chi connectivity index (χ2v) is 7.69. The standard InChI is InChI=1S/C21H34N6O2/c1-4-26(5-2)21(28)23-10-12-29-13-11-27-17-14-15(3)24-20(22)19(17)25-18(27)9-8-16-6-7-16/h14,16H,4-13H2,1-3H3,(H2,22,24)(H,23,28). The normalized spacial score (nSPS) is 13.8. The summed E-state index contributed by atoms with van der Waals surface area (Å²) in [7, 11) is 0. The van der Waals surface area contributed by atoms with Gasteiger partial charge in [0.15, 0.2) is 5.82 Å². The molecule has 2 aromatic heterocycles. The summed E-state index contributed by atoms with van der Waals surface area (Å²) in [5.74, 6) is 2.40. The molecule has 0 saturated heterocycles. The van der Waals surface area contributed by atoms with Gasteiger partial charge in [-0.1, -0.05) is 12.8 Å². The van der Waals surface area contributed by atoms with Crippen LogP contribution >= 0.6 is 0 Å². The molecule has 8 heteroatoms. The number of anilines is 1. The number of urea groups is 1. The molecule has 0 aliphatic heterocycles. The number of nitrogens with two attached hydrogens (primary N) is 1. The minimum absolute atomic E-state index is 0.0417. The van der Waals surface area contributed by atoms with E-state index >= 15 is 0 Å². The average molecular weight is 403 g/mol. The van der Waals surface area contributed by atoms with E-state index in [2.05, 4.69) is 14.9 Å². The van der Waals surface area contributed by atoms with E-state index in [9.17, 15) is 4.79 Å². The fraction of sp³-hybridized carbons (Fsp3) is 0.667. The average Bonchev–Trinajstić information content (AvgIpc) is 3.46. The van der Waals surface area contributed by atoms with Crippen molar-refractivity contribution in [3.63, 3.8) is 0 Å². The lowest BCUT2D eigenvalue weighted by atomic mass is 10.2. The van der Waals surface area contributed by atoms with Crippen LogP contribution in [-0.2, 0) is 17.7 Å². The molecule has 0 atom stereocenters. The molecular formula is C21H34N6O2. The number of nitrogen functional groups attached to an aromatic ring is 1. The monoisotopic (exact) mass is 402 g/mol. The van der Waals surface area contributed by atoms with Gasteiger partial charge in [-0.25, -0.2) is 14.8 Å². The number of hydrogen-bond donors (Lipinski definition) is 2. The maximum Gasteiger partial charge on any atom is 0.317 e. The second-order valence-electron chi connectivity index (χ2n) is 7.69. The Morgan fingerprint density at radius 2 is 2.07 bits per heavy atom. The fourth-order valence-electron chi connectivity index (χ4n) is 3.61. The van der Waals surface area contributed by atoms with Gasteiger partial charge in [-0.15, -0.1) is 0 Å². The molecule has 2 amide bonds. The minimum atomic E-state index is -0.0417. The fourth-order valence-corrected chi connectivity index (χ4v) is 3.61. The summed E-state index contributed by atoms with van der Waals surface area (Å²) in [6, 6.07) is 2.00. The Balaban J connectivity index is 1.55. The Morgan fingerprint density at radius 3 is 2.76 bits per heavy atom. The highest BCUT2D eigenvalue weighted by molar-refractivity contribution is 5.85. The maximum atomic E-state index is 11.9. The Kier molecular flexibility index (Phi) is 7.30. The van der Waals surface area contributed by atoms with E-state index in [1.807, 2.05) is 26.8 Å². The number of nitrogens with zero attached hydrogens (tertiary/aromatic N) is 4. The van der Waals surface area contributed by atoms with Crippen molar-refractivity contribution in [1.29, 1.82) is 0 Å². The van der Waals surface area contributed by atoms with Crippen LogP contribution < -0.4 is 11.1 Å². The van der Waals surface area contributed by atoms with Gasteiger partial charge < -0.3 is 25.3 Å². The molecule has 0 unspecified atom stereocenters. The van der Waals surface area contributed by atoms with Crippen molar-refractivity contribution in [3.05, 3.63) is 17.6 Å². The summed E-state index contributed by atoms with van der Waals surface area (Å²) in [5.41, 5.74) is 8.82. The second kappa shape index (κ2) is 9.91. The van der Waals surface area contributed by atoms with Gasteiger partial charge in [-0.3, -0.25) is 0 Å². The molecule has 1 aliphatic rings. The molecule has 1 aliphatic carbocycles. The van der Waals surface area contributed by atoms with Crippen LogP contribution in [0, 0.1) is 12.8 Å². The number of nitrogens with one attached hydrogen (secondary N) is 1. The van der Waals surface area contributed by atoms with Crippen molar-refractivity contribution in [2.45, 2.75) is 53.0 Å². The number of rotatable bonds is 11. The van der Waals surface area contributed by atoms with Crippen LogP contribution in [0.5, 0.6) is 0 Å². The smallest absolute Gasteiger partial charge is 0.317 e. The molecule has 1 fully saturated rings. The van der Waals surface area contributed by atoms with Crippen molar-refractivity contribution in [3.8, 4) is 0 Å². The number of amides is 2. The number of imidazole rings is 1. The quantitative estimate of drug-likeness (QED) is 0.563. The summed E-state index contributed by atoms with van der Waals surface area (Å²) in [4.78, 5) is 22.8. The zero-order valence-corrected chi connectivity index (χ0v) is 17.9. The molecule has 8 nitrogen and oxygen atoms in total. The number of pyridine rings is 1.